The molecule has 0 saturated heterocycles. The van der Waals surface area contributed by atoms with Crippen LogP contribution in [0.2, 0.25) is 10.0 Å². The highest BCUT2D eigenvalue weighted by molar-refractivity contribution is 6.36. The molecule has 1 aliphatic rings. The highest BCUT2D eigenvalue weighted by Crippen LogP contribution is 2.28. The first-order valence-electron chi connectivity index (χ1n) is 14.5. The van der Waals surface area contributed by atoms with Gasteiger partial charge in [0.2, 0.25) is 11.8 Å². The highest BCUT2D eigenvalue weighted by atomic mass is 35.5. The number of aryl methyl sites for hydroxylation is 1. The number of amides is 2. The smallest absolute Gasteiger partial charge is 0.243 e. The number of nitrogens with zero attached hydrogens (tertiary/aromatic N) is 1. The fraction of sp³-hybridized carbons (Fsp3) is 0.412. The zero-order valence-electron chi connectivity index (χ0n) is 23.5. The van der Waals surface area contributed by atoms with Gasteiger partial charge in [-0.3, -0.25) is 9.59 Å². The fourth-order valence-corrected chi connectivity index (χ4v) is 5.93. The molecule has 0 heterocycles. The normalized spacial score (nSPS) is 14.6. The van der Waals surface area contributed by atoms with Gasteiger partial charge in [-0.05, 0) is 54.0 Å². The van der Waals surface area contributed by atoms with Gasteiger partial charge in [0.15, 0.2) is 0 Å². The molecule has 0 unspecified atom stereocenters. The Balaban J connectivity index is 1.62. The summed E-state index contributed by atoms with van der Waals surface area (Å²) in [6, 6.07) is 23.1. The standard InChI is InChI=1S/C34H40Cl2N2O2/c1-24(2)27-19-16-25(17-20-27)18-21-33(39)38(23-29-30(35)14-9-15-31(29)36)32(22-26-10-5-3-6-11-26)34(40)37-28-12-7-4-8-13-28/h3,5-6,9-11,14-17,19-20,24,28,32H,4,7-8,12-13,18,21-23H2,1-2H3,(H,37,40)/t32-/m0/s1. The molecular formula is C34H40Cl2N2O2. The molecule has 1 aliphatic carbocycles. The van der Waals surface area contributed by atoms with Crippen LogP contribution in [0, 0.1) is 0 Å². The van der Waals surface area contributed by atoms with Crippen molar-refractivity contribution in [1.82, 2.24) is 10.2 Å². The average Bonchev–Trinajstić information content (AvgIpc) is 2.96. The minimum Gasteiger partial charge on any atom is -0.352 e. The van der Waals surface area contributed by atoms with E-state index in [4.69, 9.17) is 23.2 Å². The zero-order chi connectivity index (χ0) is 28.5. The van der Waals surface area contributed by atoms with E-state index in [2.05, 4.69) is 43.4 Å². The molecule has 1 atom stereocenters. The van der Waals surface area contributed by atoms with E-state index < -0.39 is 6.04 Å². The van der Waals surface area contributed by atoms with Crippen LogP contribution in [-0.4, -0.2) is 28.8 Å². The van der Waals surface area contributed by atoms with E-state index in [9.17, 15) is 9.59 Å². The van der Waals surface area contributed by atoms with Gasteiger partial charge in [0.1, 0.15) is 6.04 Å². The van der Waals surface area contributed by atoms with Gasteiger partial charge in [-0.2, -0.15) is 0 Å². The Bertz CT molecular complexity index is 1230. The molecule has 0 bridgehead atoms. The zero-order valence-corrected chi connectivity index (χ0v) is 25.1. The number of hydrogen-bond acceptors (Lipinski definition) is 2. The molecule has 0 aliphatic heterocycles. The van der Waals surface area contributed by atoms with E-state index in [-0.39, 0.29) is 30.8 Å². The van der Waals surface area contributed by atoms with Crippen LogP contribution in [-0.2, 0) is 29.0 Å². The van der Waals surface area contributed by atoms with Crippen molar-refractivity contribution in [3.63, 3.8) is 0 Å². The van der Waals surface area contributed by atoms with E-state index in [1.165, 1.54) is 12.0 Å². The van der Waals surface area contributed by atoms with Gasteiger partial charge in [0, 0.05) is 41.0 Å². The molecule has 3 aromatic rings. The van der Waals surface area contributed by atoms with E-state index in [0.717, 1.165) is 36.8 Å². The first-order chi connectivity index (χ1) is 19.3. The van der Waals surface area contributed by atoms with Crippen LogP contribution in [0.1, 0.15) is 80.5 Å². The SMILES string of the molecule is CC(C)c1ccc(CCC(=O)N(Cc2c(Cl)cccc2Cl)[C@@H](Cc2ccccc2)C(=O)NC2CCCCC2)cc1. The van der Waals surface area contributed by atoms with E-state index in [0.29, 0.717) is 34.4 Å². The Morgan fingerprint density at radius 2 is 1.50 bits per heavy atom. The van der Waals surface area contributed by atoms with Crippen LogP contribution in [0.5, 0.6) is 0 Å². The summed E-state index contributed by atoms with van der Waals surface area (Å²) in [5.41, 5.74) is 4.02. The largest absolute Gasteiger partial charge is 0.352 e. The predicted molar refractivity (Wildman–Crippen MR) is 165 cm³/mol. The summed E-state index contributed by atoms with van der Waals surface area (Å²) >= 11 is 13.1. The lowest BCUT2D eigenvalue weighted by Gasteiger charge is -2.34. The van der Waals surface area contributed by atoms with Gasteiger partial charge >= 0.3 is 0 Å². The van der Waals surface area contributed by atoms with Crippen molar-refractivity contribution in [2.24, 2.45) is 0 Å². The van der Waals surface area contributed by atoms with Gasteiger partial charge in [-0.15, -0.1) is 0 Å². The summed E-state index contributed by atoms with van der Waals surface area (Å²) in [7, 11) is 0. The molecular weight excluding hydrogens is 539 g/mol. The summed E-state index contributed by atoms with van der Waals surface area (Å²) in [5, 5.41) is 4.25. The van der Waals surface area contributed by atoms with Gasteiger partial charge < -0.3 is 10.2 Å². The third-order valence-corrected chi connectivity index (χ3v) is 8.59. The lowest BCUT2D eigenvalue weighted by molar-refractivity contribution is -0.141. The number of nitrogens with one attached hydrogen (secondary N) is 1. The molecule has 212 valence electrons. The summed E-state index contributed by atoms with van der Waals surface area (Å²) in [5.74, 6) is 0.241. The van der Waals surface area contributed by atoms with Crippen molar-refractivity contribution < 1.29 is 9.59 Å². The second-order valence-corrected chi connectivity index (χ2v) is 12.0. The molecule has 3 aromatic carbocycles. The molecule has 0 aromatic heterocycles. The number of halogens is 2. The lowest BCUT2D eigenvalue weighted by Crippen LogP contribution is -2.53. The number of carbonyl (C=O) groups is 2. The van der Waals surface area contributed by atoms with Crippen molar-refractivity contribution in [3.8, 4) is 0 Å². The Hall–Kier alpha value is -2.82. The van der Waals surface area contributed by atoms with E-state index >= 15 is 0 Å². The number of carbonyl (C=O) groups excluding carboxylic acids is 2. The molecule has 0 radical (unpaired) electrons. The van der Waals surface area contributed by atoms with Crippen LogP contribution in [0.3, 0.4) is 0 Å². The van der Waals surface area contributed by atoms with Crippen molar-refractivity contribution in [2.75, 3.05) is 0 Å². The van der Waals surface area contributed by atoms with Crippen molar-refractivity contribution in [2.45, 2.75) is 89.8 Å². The average molecular weight is 580 g/mol. The fourth-order valence-electron chi connectivity index (χ4n) is 5.42. The van der Waals surface area contributed by atoms with Crippen molar-refractivity contribution in [1.29, 1.82) is 0 Å². The van der Waals surface area contributed by atoms with Gasteiger partial charge in [0.05, 0.1) is 0 Å². The summed E-state index contributed by atoms with van der Waals surface area (Å²) < 4.78 is 0. The first kappa shape index (κ1) is 30.1. The monoisotopic (exact) mass is 578 g/mol. The highest BCUT2D eigenvalue weighted by Gasteiger charge is 2.32. The molecule has 1 fully saturated rings. The minimum absolute atomic E-state index is 0.0938. The lowest BCUT2D eigenvalue weighted by atomic mass is 9.94. The maximum absolute atomic E-state index is 14.0. The molecule has 0 spiro atoms. The predicted octanol–water partition coefficient (Wildman–Crippen LogP) is 8.14. The molecule has 2 amide bonds. The quantitative estimate of drug-likeness (QED) is 0.249. The number of hydrogen-bond donors (Lipinski definition) is 1. The molecule has 6 heteroatoms. The van der Waals surface area contributed by atoms with Crippen LogP contribution in [0.15, 0.2) is 72.8 Å². The van der Waals surface area contributed by atoms with Crippen LogP contribution in [0.4, 0.5) is 0 Å². The van der Waals surface area contributed by atoms with Gasteiger partial charge in [-0.25, -0.2) is 0 Å². The minimum atomic E-state index is -0.688. The van der Waals surface area contributed by atoms with Crippen LogP contribution >= 0.6 is 23.2 Å². The maximum Gasteiger partial charge on any atom is 0.243 e. The summed E-state index contributed by atoms with van der Waals surface area (Å²) in [6.07, 6.45) is 6.66. The van der Waals surface area contributed by atoms with E-state index in [1.807, 2.05) is 30.3 Å². The first-order valence-corrected chi connectivity index (χ1v) is 15.2. The Kier molecular flexibility index (Phi) is 11.1. The van der Waals surface area contributed by atoms with E-state index in [1.54, 1.807) is 23.1 Å². The van der Waals surface area contributed by atoms with Gasteiger partial charge in [-0.1, -0.05) is 117 Å². The van der Waals surface area contributed by atoms with Crippen molar-refractivity contribution >= 4 is 35.0 Å². The number of rotatable bonds is 11. The number of benzene rings is 3. The molecule has 1 saturated carbocycles. The molecule has 4 nitrogen and oxygen atoms in total. The summed E-state index contributed by atoms with van der Waals surface area (Å²) in [6.45, 7) is 4.50. The molecule has 4 rings (SSSR count). The second kappa shape index (κ2) is 14.7. The third-order valence-electron chi connectivity index (χ3n) is 7.89. The van der Waals surface area contributed by atoms with Crippen LogP contribution < -0.4 is 5.32 Å². The van der Waals surface area contributed by atoms with Crippen LogP contribution in [0.25, 0.3) is 0 Å². The maximum atomic E-state index is 14.0. The third kappa shape index (κ3) is 8.34. The second-order valence-electron chi connectivity index (χ2n) is 11.2. The Morgan fingerprint density at radius 3 is 2.12 bits per heavy atom. The Morgan fingerprint density at radius 1 is 0.850 bits per heavy atom. The Labute approximate surface area is 249 Å². The topological polar surface area (TPSA) is 49.4 Å². The molecule has 40 heavy (non-hydrogen) atoms. The van der Waals surface area contributed by atoms with Crippen molar-refractivity contribution in [3.05, 3.63) is 105 Å². The summed E-state index contributed by atoms with van der Waals surface area (Å²) in [4.78, 5) is 29.6. The van der Waals surface area contributed by atoms with Gasteiger partial charge in [0.25, 0.3) is 0 Å². The molecule has 1 N–H and O–H groups in total.